The second-order valence-electron chi connectivity index (χ2n) is 6.90. The number of pyridine rings is 1. The van der Waals surface area contributed by atoms with Crippen LogP contribution in [0, 0.1) is 5.82 Å². The number of benzene rings is 1. The zero-order valence-corrected chi connectivity index (χ0v) is 16.2. The zero-order chi connectivity index (χ0) is 20.2. The predicted molar refractivity (Wildman–Crippen MR) is 110 cm³/mol. The van der Waals surface area contributed by atoms with Crippen molar-refractivity contribution in [2.75, 3.05) is 11.9 Å². The number of hydrogen-bond donors (Lipinski definition) is 1. The summed E-state index contributed by atoms with van der Waals surface area (Å²) in [6.07, 6.45) is 9.30. The summed E-state index contributed by atoms with van der Waals surface area (Å²) < 4.78 is 13.3. The van der Waals surface area contributed by atoms with Gasteiger partial charge in [0, 0.05) is 49.5 Å². The molecule has 0 amide bonds. The number of halogens is 1. The van der Waals surface area contributed by atoms with Crippen LogP contribution in [-0.4, -0.2) is 32.2 Å². The Morgan fingerprint density at radius 2 is 1.86 bits per heavy atom. The molecule has 0 spiro atoms. The highest BCUT2D eigenvalue weighted by Crippen LogP contribution is 2.29. The maximum absolute atomic E-state index is 13.3. The van der Waals surface area contributed by atoms with Crippen LogP contribution >= 0.6 is 0 Å². The van der Waals surface area contributed by atoms with Crippen LogP contribution in [0.25, 0.3) is 11.1 Å². The minimum atomic E-state index is -0.241. The van der Waals surface area contributed by atoms with Gasteiger partial charge in [-0.25, -0.2) is 9.37 Å². The van der Waals surface area contributed by atoms with Crippen molar-refractivity contribution in [3.8, 4) is 11.1 Å². The van der Waals surface area contributed by atoms with Crippen LogP contribution in [0.15, 0.2) is 67.4 Å². The van der Waals surface area contributed by atoms with Crippen LogP contribution in [-0.2, 0) is 6.42 Å². The first-order valence-electron chi connectivity index (χ1n) is 9.33. The summed E-state index contributed by atoms with van der Waals surface area (Å²) in [5.41, 5.74) is 4.75. The van der Waals surface area contributed by atoms with E-state index in [4.69, 9.17) is 4.98 Å². The van der Waals surface area contributed by atoms with Crippen LogP contribution in [0.1, 0.15) is 29.9 Å². The molecule has 3 aromatic heterocycles. The average molecular weight is 388 g/mol. The van der Waals surface area contributed by atoms with Crippen molar-refractivity contribution in [3.05, 3.63) is 90.2 Å². The molecule has 7 heteroatoms. The summed E-state index contributed by atoms with van der Waals surface area (Å²) >= 11 is 0. The molecule has 1 atom stereocenters. The maximum atomic E-state index is 13.3. The summed E-state index contributed by atoms with van der Waals surface area (Å²) in [6.45, 7) is 2.07. The lowest BCUT2D eigenvalue weighted by Crippen LogP contribution is -2.23. The molecule has 0 aliphatic carbocycles. The predicted octanol–water partition coefficient (Wildman–Crippen LogP) is 4.19. The highest BCUT2D eigenvalue weighted by molar-refractivity contribution is 5.66. The van der Waals surface area contributed by atoms with Crippen molar-refractivity contribution in [2.24, 2.45) is 0 Å². The molecule has 3 heterocycles. The molecular weight excluding hydrogens is 367 g/mol. The fourth-order valence-electron chi connectivity index (χ4n) is 3.19. The molecule has 0 saturated carbocycles. The molecule has 0 aliphatic heterocycles. The number of nitrogens with zero attached hydrogens (tertiary/aromatic N) is 5. The first-order valence-corrected chi connectivity index (χ1v) is 9.33. The second-order valence-corrected chi connectivity index (χ2v) is 6.90. The number of aromatic amines is 1. The van der Waals surface area contributed by atoms with Gasteiger partial charge in [-0.05, 0) is 42.3 Å². The van der Waals surface area contributed by atoms with E-state index in [2.05, 4.69) is 32.0 Å². The molecule has 0 saturated heterocycles. The lowest BCUT2D eigenvalue weighted by atomic mass is 10.1. The molecule has 4 rings (SSSR count). The molecule has 0 unspecified atom stereocenters. The van der Waals surface area contributed by atoms with E-state index < -0.39 is 0 Å². The summed E-state index contributed by atoms with van der Waals surface area (Å²) in [4.78, 5) is 15.4. The van der Waals surface area contributed by atoms with Gasteiger partial charge in [0.25, 0.3) is 0 Å². The molecular formula is C22H21FN6. The van der Waals surface area contributed by atoms with E-state index in [1.165, 1.54) is 12.1 Å². The lowest BCUT2D eigenvalue weighted by molar-refractivity contribution is 0.625. The van der Waals surface area contributed by atoms with Crippen molar-refractivity contribution < 1.29 is 4.39 Å². The van der Waals surface area contributed by atoms with Gasteiger partial charge < -0.3 is 4.90 Å². The molecule has 6 nitrogen and oxygen atoms in total. The van der Waals surface area contributed by atoms with Crippen LogP contribution in [0.4, 0.5) is 10.2 Å². The Balaban J connectivity index is 1.70. The molecule has 29 heavy (non-hydrogen) atoms. The Bertz CT molecular complexity index is 1060. The molecule has 0 aliphatic rings. The normalized spacial score (nSPS) is 12.0. The Kier molecular flexibility index (Phi) is 5.29. The summed E-state index contributed by atoms with van der Waals surface area (Å²) in [6, 6.07) is 10.7. The van der Waals surface area contributed by atoms with Crippen LogP contribution in [0.3, 0.4) is 0 Å². The topological polar surface area (TPSA) is 70.6 Å². The minimum Gasteiger partial charge on any atom is -0.353 e. The van der Waals surface area contributed by atoms with Crippen molar-refractivity contribution in [1.29, 1.82) is 0 Å². The zero-order valence-electron chi connectivity index (χ0n) is 16.2. The Morgan fingerprint density at radius 3 is 2.55 bits per heavy atom. The number of nitrogens with one attached hydrogen (secondary N) is 1. The van der Waals surface area contributed by atoms with Gasteiger partial charge in [-0.1, -0.05) is 12.1 Å². The number of anilines is 1. The summed E-state index contributed by atoms with van der Waals surface area (Å²) in [5.74, 6) is 0.578. The fraction of sp³-hybridized carbons (Fsp3) is 0.182. The lowest BCUT2D eigenvalue weighted by Gasteiger charge is -2.27. The molecule has 1 N–H and O–H groups in total. The fourth-order valence-corrected chi connectivity index (χ4v) is 3.19. The Hall–Kier alpha value is -3.61. The third-order valence-corrected chi connectivity index (χ3v) is 4.97. The van der Waals surface area contributed by atoms with E-state index in [9.17, 15) is 4.39 Å². The molecule has 0 fully saturated rings. The first kappa shape index (κ1) is 18.7. The van der Waals surface area contributed by atoms with Gasteiger partial charge in [-0.2, -0.15) is 5.10 Å². The van der Waals surface area contributed by atoms with Crippen molar-refractivity contribution in [1.82, 2.24) is 25.1 Å². The second kappa shape index (κ2) is 8.18. The standard InChI is InChI=1S/C22H21FN6/c1-15(16-3-5-19(23)6-4-16)29(2)22-10-17(18-12-26-27-13-18)9-20(28-22)11-21-14-24-7-8-25-21/h3-10,12-15H,11H2,1-2H3,(H,26,27)/t15-/m0/s1. The number of rotatable bonds is 6. The molecule has 0 bridgehead atoms. The third kappa shape index (κ3) is 4.29. The number of H-pyrrole nitrogens is 1. The van der Waals surface area contributed by atoms with Gasteiger partial charge in [0.15, 0.2) is 0 Å². The molecule has 4 aromatic rings. The quantitative estimate of drug-likeness (QED) is 0.536. The monoisotopic (exact) mass is 388 g/mol. The average Bonchev–Trinajstić information content (AvgIpc) is 3.29. The number of hydrogen-bond acceptors (Lipinski definition) is 5. The third-order valence-electron chi connectivity index (χ3n) is 4.97. The van der Waals surface area contributed by atoms with Gasteiger partial charge in [0.1, 0.15) is 11.6 Å². The van der Waals surface area contributed by atoms with Crippen LogP contribution in [0.2, 0.25) is 0 Å². The minimum absolute atomic E-state index is 0.0204. The smallest absolute Gasteiger partial charge is 0.129 e. The largest absolute Gasteiger partial charge is 0.353 e. The molecule has 1 aromatic carbocycles. The number of aromatic nitrogens is 5. The van der Waals surface area contributed by atoms with E-state index in [0.717, 1.165) is 33.9 Å². The highest BCUT2D eigenvalue weighted by atomic mass is 19.1. The van der Waals surface area contributed by atoms with Gasteiger partial charge in [-0.15, -0.1) is 0 Å². The Morgan fingerprint density at radius 1 is 1.03 bits per heavy atom. The van der Waals surface area contributed by atoms with Crippen LogP contribution in [0.5, 0.6) is 0 Å². The van der Waals surface area contributed by atoms with Gasteiger partial charge >= 0.3 is 0 Å². The molecule has 146 valence electrons. The van der Waals surface area contributed by atoms with Crippen molar-refractivity contribution >= 4 is 5.82 Å². The maximum Gasteiger partial charge on any atom is 0.129 e. The Labute approximate surface area is 168 Å². The van der Waals surface area contributed by atoms with E-state index in [-0.39, 0.29) is 11.9 Å². The van der Waals surface area contributed by atoms with Crippen LogP contribution < -0.4 is 4.90 Å². The first-order chi connectivity index (χ1) is 14.1. The van der Waals surface area contributed by atoms with Crippen molar-refractivity contribution in [2.45, 2.75) is 19.4 Å². The van der Waals surface area contributed by atoms with E-state index in [0.29, 0.717) is 6.42 Å². The van der Waals surface area contributed by atoms with Crippen molar-refractivity contribution in [3.63, 3.8) is 0 Å². The van der Waals surface area contributed by atoms with Gasteiger partial charge in [-0.3, -0.25) is 15.1 Å². The van der Waals surface area contributed by atoms with Gasteiger partial charge in [0.05, 0.1) is 17.9 Å². The van der Waals surface area contributed by atoms with Gasteiger partial charge in [0.2, 0.25) is 0 Å². The van der Waals surface area contributed by atoms with E-state index >= 15 is 0 Å². The summed E-state index contributed by atoms with van der Waals surface area (Å²) in [7, 11) is 1.99. The van der Waals surface area contributed by atoms with E-state index in [1.807, 2.05) is 25.4 Å². The SMILES string of the molecule is C[C@@H](c1ccc(F)cc1)N(C)c1cc(-c2cn[nH]c2)cc(Cc2cnccn2)n1. The van der Waals surface area contributed by atoms with E-state index in [1.54, 1.807) is 36.9 Å². The summed E-state index contributed by atoms with van der Waals surface area (Å²) in [5, 5.41) is 6.92. The molecule has 0 radical (unpaired) electrons. The highest BCUT2D eigenvalue weighted by Gasteiger charge is 2.16.